The van der Waals surface area contributed by atoms with Gasteiger partial charge in [0, 0.05) is 5.69 Å². The molecule has 0 spiro atoms. The van der Waals surface area contributed by atoms with E-state index in [0.717, 1.165) is 41.4 Å². The van der Waals surface area contributed by atoms with Crippen molar-refractivity contribution in [3.8, 4) is 0 Å². The van der Waals surface area contributed by atoms with Gasteiger partial charge < -0.3 is 5.32 Å². The van der Waals surface area contributed by atoms with Crippen LogP contribution < -0.4 is 9.29 Å². The second kappa shape index (κ2) is 9.80. The molecule has 170 valence electrons. The summed E-state index contributed by atoms with van der Waals surface area (Å²) in [5.74, 6) is -0.115. The quantitative estimate of drug-likeness (QED) is 0.286. The summed E-state index contributed by atoms with van der Waals surface area (Å²) in [6.45, 7) is 4.11. The zero-order valence-corrected chi connectivity index (χ0v) is 20.2. The van der Waals surface area contributed by atoms with Crippen molar-refractivity contribution in [2.75, 3.05) is 11.1 Å². The number of para-hydroxylation sites is 3. The first-order valence-electron chi connectivity index (χ1n) is 10.8. The number of carbonyl (C=O) groups excluding carboxylic acids is 1. The smallest absolute Gasteiger partial charge is 0.325 e. The van der Waals surface area contributed by atoms with Crippen LogP contribution in [0, 0.1) is 0 Å². The number of aromatic amines is 1. The number of H-pyrrole nitrogens is 1. The summed E-state index contributed by atoms with van der Waals surface area (Å²) in [4.78, 5) is 16.2. The molecule has 0 radical (unpaired) electrons. The maximum Gasteiger partial charge on any atom is 0.336 e. The molecule has 4 aromatic rings. The van der Waals surface area contributed by atoms with Crippen LogP contribution in [0.25, 0.3) is 11.0 Å². The topological polar surface area (TPSA) is 82.9 Å². The molecule has 0 saturated heterocycles. The fourth-order valence-electron chi connectivity index (χ4n) is 3.78. The van der Waals surface area contributed by atoms with Crippen molar-refractivity contribution in [3.05, 3.63) is 83.9 Å². The minimum Gasteiger partial charge on any atom is -0.325 e. The van der Waals surface area contributed by atoms with E-state index in [-0.39, 0.29) is 16.6 Å². The molecule has 1 heterocycles. The van der Waals surface area contributed by atoms with Gasteiger partial charge in [0.05, 0.1) is 5.75 Å². The Kier molecular flexibility index (Phi) is 6.85. The molecular weight excluding hydrogens is 454 g/mol. The van der Waals surface area contributed by atoms with Crippen LogP contribution in [0.5, 0.6) is 0 Å². The van der Waals surface area contributed by atoms with E-state index in [0.29, 0.717) is 16.2 Å². The van der Waals surface area contributed by atoms with Gasteiger partial charge in [-0.15, -0.1) is 3.97 Å². The fraction of sp³-hybridized carbons (Fsp3) is 0.200. The van der Waals surface area contributed by atoms with Crippen LogP contribution in [0.2, 0.25) is 0 Å². The summed E-state index contributed by atoms with van der Waals surface area (Å²) >= 11 is 1.16. The third-order valence-electron chi connectivity index (χ3n) is 5.43. The molecule has 0 aliphatic carbocycles. The van der Waals surface area contributed by atoms with Crippen LogP contribution in [-0.4, -0.2) is 25.1 Å². The molecule has 0 aliphatic heterocycles. The molecule has 0 fully saturated rings. The summed E-state index contributed by atoms with van der Waals surface area (Å²) in [5, 5.41) is 3.43. The molecule has 6 nitrogen and oxygen atoms in total. The number of imidazole rings is 1. The van der Waals surface area contributed by atoms with Crippen molar-refractivity contribution in [2.45, 2.75) is 36.7 Å². The molecule has 1 amide bonds. The third kappa shape index (κ3) is 4.67. The molecule has 2 N–H and O–H groups in total. The Labute approximate surface area is 198 Å². The molecule has 4 rings (SSSR count). The number of nitrogens with one attached hydrogen (secondary N) is 2. The van der Waals surface area contributed by atoms with Crippen LogP contribution in [-0.2, 0) is 27.7 Å². The second-order valence-electron chi connectivity index (χ2n) is 7.53. The maximum atomic E-state index is 13.5. The standard InChI is InChI=1S/C25H25N3O3S2/c1-3-18-11-10-12-19(4-2)24(18)27-23(29)17-32-25-26-21-15-8-9-16-22(21)28(25)33(30,31)20-13-6-5-7-14-20/h5-16H,3-4,17H2,1-2H3,(H,27,29)/p+1. The number of nitrogens with zero attached hydrogens (tertiary/aromatic N) is 1. The monoisotopic (exact) mass is 480 g/mol. The van der Waals surface area contributed by atoms with E-state index in [1.54, 1.807) is 42.5 Å². The molecule has 0 saturated carbocycles. The van der Waals surface area contributed by atoms with E-state index >= 15 is 0 Å². The van der Waals surface area contributed by atoms with Gasteiger partial charge in [0.1, 0.15) is 4.90 Å². The van der Waals surface area contributed by atoms with Gasteiger partial charge in [0.25, 0.3) is 0 Å². The van der Waals surface area contributed by atoms with Crippen LogP contribution in [0.3, 0.4) is 0 Å². The average molecular weight is 481 g/mol. The van der Waals surface area contributed by atoms with Crippen LogP contribution in [0.15, 0.2) is 82.8 Å². The Morgan fingerprint density at radius 3 is 2.21 bits per heavy atom. The molecule has 1 aromatic heterocycles. The molecule has 8 heteroatoms. The summed E-state index contributed by atoms with van der Waals surface area (Å²) in [5.41, 5.74) is 4.24. The van der Waals surface area contributed by atoms with Crippen LogP contribution in [0.1, 0.15) is 25.0 Å². The molecule has 33 heavy (non-hydrogen) atoms. The van der Waals surface area contributed by atoms with Gasteiger partial charge in [0.15, 0.2) is 11.0 Å². The largest absolute Gasteiger partial charge is 0.336 e. The second-order valence-corrected chi connectivity index (χ2v) is 10.3. The SMILES string of the molecule is CCc1cccc(CC)c1NC(=O)CSc1[nH]c2ccccc2[n+]1S(=O)(=O)c1ccccc1. The average Bonchev–Trinajstić information content (AvgIpc) is 3.22. The number of aryl methyl sites for hydroxylation is 2. The lowest BCUT2D eigenvalue weighted by Crippen LogP contribution is -2.44. The number of hydrogen-bond acceptors (Lipinski definition) is 4. The van der Waals surface area contributed by atoms with Gasteiger partial charge in [0.2, 0.25) is 5.91 Å². The number of thioether (sulfide) groups is 1. The highest BCUT2D eigenvalue weighted by Gasteiger charge is 2.32. The van der Waals surface area contributed by atoms with Crippen LogP contribution >= 0.6 is 11.8 Å². The van der Waals surface area contributed by atoms with Gasteiger partial charge in [-0.05, 0) is 60.0 Å². The zero-order valence-electron chi connectivity index (χ0n) is 18.5. The summed E-state index contributed by atoms with van der Waals surface area (Å²) < 4.78 is 28.2. The molecule has 0 bridgehead atoms. The number of amides is 1. The maximum absolute atomic E-state index is 13.5. The first-order chi connectivity index (χ1) is 16.0. The molecule has 0 atom stereocenters. The van der Waals surface area contributed by atoms with Gasteiger partial charge in [-0.25, -0.2) is 4.98 Å². The predicted octanol–water partition coefficient (Wildman–Crippen LogP) is 4.55. The van der Waals surface area contributed by atoms with Crippen molar-refractivity contribution in [3.63, 3.8) is 0 Å². The van der Waals surface area contributed by atoms with Crippen molar-refractivity contribution in [2.24, 2.45) is 0 Å². The Morgan fingerprint density at radius 2 is 1.55 bits per heavy atom. The highest BCUT2D eigenvalue weighted by molar-refractivity contribution is 8.00. The van der Waals surface area contributed by atoms with Crippen molar-refractivity contribution in [1.29, 1.82) is 0 Å². The fourth-order valence-corrected chi connectivity index (χ4v) is 6.36. The molecular formula is C25H26N3O3S2+. The third-order valence-corrected chi connectivity index (χ3v) is 8.24. The molecule has 0 unspecified atom stereocenters. The number of rotatable bonds is 8. The Hall–Kier alpha value is -3.10. The van der Waals surface area contributed by atoms with Gasteiger partial charge in [-0.3, -0.25) is 4.79 Å². The Balaban J connectivity index is 1.64. The predicted molar refractivity (Wildman–Crippen MR) is 132 cm³/mol. The molecule has 0 aliphatic rings. The minimum absolute atomic E-state index is 0.0678. The summed E-state index contributed by atoms with van der Waals surface area (Å²) in [7, 11) is -3.85. The van der Waals surface area contributed by atoms with E-state index in [1.807, 2.05) is 30.3 Å². The number of benzene rings is 3. The number of anilines is 1. The van der Waals surface area contributed by atoms with Crippen molar-refractivity contribution < 1.29 is 17.2 Å². The summed E-state index contributed by atoms with van der Waals surface area (Å²) in [6.07, 6.45) is 1.63. The summed E-state index contributed by atoms with van der Waals surface area (Å²) in [6, 6.07) is 21.5. The van der Waals surface area contributed by atoms with E-state index < -0.39 is 10.0 Å². The van der Waals surface area contributed by atoms with E-state index in [4.69, 9.17) is 0 Å². The van der Waals surface area contributed by atoms with Gasteiger partial charge >= 0.3 is 15.2 Å². The lowest BCUT2D eigenvalue weighted by molar-refractivity contribution is -0.526. The van der Waals surface area contributed by atoms with E-state index in [2.05, 4.69) is 24.1 Å². The van der Waals surface area contributed by atoms with Gasteiger partial charge in [-0.1, -0.05) is 62.4 Å². The highest BCUT2D eigenvalue weighted by atomic mass is 32.2. The first kappa shape index (κ1) is 23.1. The lowest BCUT2D eigenvalue weighted by Gasteiger charge is -2.14. The zero-order chi connectivity index (χ0) is 23.4. The van der Waals surface area contributed by atoms with E-state index in [9.17, 15) is 13.2 Å². The van der Waals surface area contributed by atoms with Gasteiger partial charge in [-0.2, -0.15) is 8.42 Å². The number of carbonyl (C=O) groups is 1. The lowest BCUT2D eigenvalue weighted by atomic mass is 10.0. The molecule has 3 aromatic carbocycles. The first-order valence-corrected chi connectivity index (χ1v) is 13.2. The number of aromatic nitrogens is 2. The highest BCUT2D eigenvalue weighted by Crippen LogP contribution is 2.25. The van der Waals surface area contributed by atoms with Crippen molar-refractivity contribution >= 4 is 44.4 Å². The normalized spacial score (nSPS) is 11.6. The Bertz CT molecular complexity index is 1370. The Morgan fingerprint density at radius 1 is 0.909 bits per heavy atom. The number of hydrogen-bond donors (Lipinski definition) is 2. The number of fused-ring (bicyclic) bond motifs is 1. The minimum atomic E-state index is -3.85. The van der Waals surface area contributed by atoms with E-state index in [1.165, 1.54) is 3.97 Å². The van der Waals surface area contributed by atoms with Crippen molar-refractivity contribution in [1.82, 2.24) is 4.98 Å². The van der Waals surface area contributed by atoms with Crippen LogP contribution in [0.4, 0.5) is 5.69 Å².